The monoisotopic (exact) mass is 383 g/mol. The summed E-state index contributed by atoms with van der Waals surface area (Å²) in [5.74, 6) is -0.173. The summed E-state index contributed by atoms with van der Waals surface area (Å²) in [5, 5.41) is 2.81. The highest BCUT2D eigenvalue weighted by Crippen LogP contribution is 2.29. The number of anilines is 1. The third kappa shape index (κ3) is 5.00. The lowest BCUT2D eigenvalue weighted by molar-refractivity contribution is -0.139. The number of carbonyl (C=O) groups is 3. The van der Waals surface area contributed by atoms with Gasteiger partial charge < -0.3 is 15.1 Å². The van der Waals surface area contributed by atoms with E-state index in [1.54, 1.807) is 4.90 Å². The quantitative estimate of drug-likeness (QED) is 0.768. The van der Waals surface area contributed by atoms with Gasteiger partial charge in [0.05, 0.1) is 5.92 Å². The number of amides is 3. The van der Waals surface area contributed by atoms with Crippen LogP contribution in [0.25, 0.3) is 0 Å². The van der Waals surface area contributed by atoms with Gasteiger partial charge >= 0.3 is 0 Å². The largest absolute Gasteiger partial charge is 0.340 e. The maximum Gasteiger partial charge on any atom is 0.228 e. The number of hydrogen-bond acceptors (Lipinski definition) is 3. The first-order chi connectivity index (χ1) is 13.4. The number of para-hydroxylation sites is 1. The number of fused-ring (bicyclic) bond motifs is 4. The van der Waals surface area contributed by atoms with Gasteiger partial charge in [-0.2, -0.15) is 0 Å². The molecule has 3 fully saturated rings. The SMILES string of the molecule is CC(C)=CCN1C(=O)[C@H]2CC[C@@H]1CN(C(=O)CCC(=O)Nc1ccccc1)C2. The van der Waals surface area contributed by atoms with Gasteiger partial charge in [-0.15, -0.1) is 0 Å². The van der Waals surface area contributed by atoms with Crippen molar-refractivity contribution in [1.82, 2.24) is 9.80 Å². The van der Waals surface area contributed by atoms with Gasteiger partial charge in [-0.1, -0.05) is 29.8 Å². The highest BCUT2D eigenvalue weighted by atomic mass is 16.2. The smallest absolute Gasteiger partial charge is 0.228 e. The Balaban J connectivity index is 1.55. The second kappa shape index (κ2) is 9.04. The molecule has 150 valence electrons. The van der Waals surface area contributed by atoms with E-state index in [2.05, 4.69) is 11.4 Å². The molecule has 3 heterocycles. The standard InChI is InChI=1S/C22H29N3O3/c1-16(2)12-13-25-19-9-8-17(22(25)28)14-24(15-19)21(27)11-10-20(26)23-18-6-4-3-5-7-18/h3-7,12,17,19H,8-11,13-15H2,1-2H3,(H,23,26)/t17-,19+/m0/s1. The molecular weight excluding hydrogens is 354 g/mol. The Morgan fingerprint density at radius 3 is 2.57 bits per heavy atom. The summed E-state index contributed by atoms with van der Waals surface area (Å²) in [7, 11) is 0. The van der Waals surface area contributed by atoms with Gasteiger partial charge in [0.2, 0.25) is 17.7 Å². The normalized spacial score (nSPS) is 21.3. The molecule has 0 aliphatic carbocycles. The van der Waals surface area contributed by atoms with E-state index in [1.807, 2.05) is 49.1 Å². The molecule has 0 aromatic heterocycles. The van der Waals surface area contributed by atoms with E-state index in [0.29, 0.717) is 19.6 Å². The van der Waals surface area contributed by atoms with E-state index < -0.39 is 0 Å². The average molecular weight is 383 g/mol. The first kappa shape index (κ1) is 20.1. The molecule has 0 radical (unpaired) electrons. The molecule has 3 aliphatic rings. The summed E-state index contributed by atoms with van der Waals surface area (Å²) in [6, 6.07) is 9.30. The zero-order valence-electron chi connectivity index (χ0n) is 16.7. The van der Waals surface area contributed by atoms with E-state index >= 15 is 0 Å². The third-order valence-corrected chi connectivity index (χ3v) is 5.47. The van der Waals surface area contributed by atoms with Crippen LogP contribution in [0.5, 0.6) is 0 Å². The Hall–Kier alpha value is -2.63. The van der Waals surface area contributed by atoms with Gasteiger partial charge in [-0.25, -0.2) is 0 Å². The molecule has 2 bridgehead atoms. The molecule has 3 amide bonds. The van der Waals surface area contributed by atoms with E-state index in [9.17, 15) is 14.4 Å². The number of carbonyl (C=O) groups excluding carboxylic acids is 3. The van der Waals surface area contributed by atoms with Gasteiger partial charge in [-0.3, -0.25) is 14.4 Å². The molecule has 6 heteroatoms. The Labute approximate surface area is 166 Å². The van der Waals surface area contributed by atoms with E-state index in [-0.39, 0.29) is 42.5 Å². The van der Waals surface area contributed by atoms with E-state index in [4.69, 9.17) is 0 Å². The van der Waals surface area contributed by atoms with Crippen molar-refractivity contribution in [3.05, 3.63) is 42.0 Å². The van der Waals surface area contributed by atoms with Gasteiger partial charge in [-0.05, 0) is 38.8 Å². The molecule has 0 spiro atoms. The van der Waals surface area contributed by atoms with Crippen molar-refractivity contribution in [2.75, 3.05) is 25.0 Å². The van der Waals surface area contributed by atoms with Gasteiger partial charge in [0.15, 0.2) is 0 Å². The number of piperidine rings is 1. The van der Waals surface area contributed by atoms with E-state index in [1.165, 1.54) is 5.57 Å². The third-order valence-electron chi connectivity index (χ3n) is 5.47. The number of allylic oxidation sites excluding steroid dienone is 1. The minimum atomic E-state index is -0.168. The number of nitrogens with zero attached hydrogens (tertiary/aromatic N) is 2. The molecule has 6 nitrogen and oxygen atoms in total. The predicted molar refractivity (Wildman–Crippen MR) is 109 cm³/mol. The van der Waals surface area contributed by atoms with Crippen LogP contribution in [0.1, 0.15) is 39.5 Å². The fourth-order valence-corrected chi connectivity index (χ4v) is 3.89. The lowest BCUT2D eigenvalue weighted by Crippen LogP contribution is -2.48. The van der Waals surface area contributed by atoms with E-state index in [0.717, 1.165) is 18.5 Å². The van der Waals surface area contributed by atoms with Crippen LogP contribution in [0.15, 0.2) is 42.0 Å². The summed E-state index contributed by atoms with van der Waals surface area (Å²) in [5.41, 5.74) is 1.92. The van der Waals surface area contributed by atoms with Crippen molar-refractivity contribution in [2.45, 2.75) is 45.6 Å². The minimum Gasteiger partial charge on any atom is -0.340 e. The molecular formula is C22H29N3O3. The number of benzene rings is 1. The number of hydrogen-bond donors (Lipinski definition) is 1. The first-order valence-electron chi connectivity index (χ1n) is 10.0. The predicted octanol–water partition coefficient (Wildman–Crippen LogP) is 2.82. The number of rotatable bonds is 6. The second-order valence-corrected chi connectivity index (χ2v) is 7.91. The van der Waals surface area contributed by atoms with Crippen molar-refractivity contribution in [2.24, 2.45) is 5.92 Å². The molecule has 0 saturated carbocycles. The summed E-state index contributed by atoms with van der Waals surface area (Å²) >= 11 is 0. The maximum absolute atomic E-state index is 12.8. The highest BCUT2D eigenvalue weighted by Gasteiger charge is 2.41. The molecule has 2 atom stereocenters. The maximum atomic E-state index is 12.8. The fraction of sp³-hybridized carbons (Fsp3) is 0.500. The van der Waals surface area contributed by atoms with Crippen LogP contribution in [0.4, 0.5) is 5.69 Å². The Morgan fingerprint density at radius 1 is 1.11 bits per heavy atom. The van der Waals surface area contributed by atoms with Gasteiger partial charge in [0.25, 0.3) is 0 Å². The Bertz CT molecular complexity index is 756. The van der Waals surface area contributed by atoms with Gasteiger partial charge in [0.1, 0.15) is 0 Å². The molecule has 28 heavy (non-hydrogen) atoms. The molecule has 3 aliphatic heterocycles. The van der Waals surface area contributed by atoms with Crippen molar-refractivity contribution in [1.29, 1.82) is 0 Å². The topological polar surface area (TPSA) is 69.7 Å². The molecule has 3 saturated heterocycles. The molecule has 1 aromatic rings. The van der Waals surface area contributed by atoms with Crippen molar-refractivity contribution < 1.29 is 14.4 Å². The Morgan fingerprint density at radius 2 is 1.86 bits per heavy atom. The van der Waals surface area contributed by atoms with Crippen LogP contribution in [0, 0.1) is 5.92 Å². The van der Waals surface area contributed by atoms with Crippen molar-refractivity contribution in [3.8, 4) is 0 Å². The lowest BCUT2D eigenvalue weighted by atomic mass is 9.94. The van der Waals surface area contributed by atoms with Crippen LogP contribution >= 0.6 is 0 Å². The van der Waals surface area contributed by atoms with Crippen LogP contribution in [-0.2, 0) is 14.4 Å². The molecule has 1 N–H and O–H groups in total. The zero-order chi connectivity index (χ0) is 20.1. The number of nitrogens with one attached hydrogen (secondary N) is 1. The summed E-state index contributed by atoms with van der Waals surface area (Å²) in [4.78, 5) is 41.3. The van der Waals surface area contributed by atoms with Crippen molar-refractivity contribution in [3.63, 3.8) is 0 Å². The molecule has 0 unspecified atom stereocenters. The fourth-order valence-electron chi connectivity index (χ4n) is 3.89. The van der Waals surface area contributed by atoms with Crippen LogP contribution in [-0.4, -0.2) is 53.2 Å². The zero-order valence-corrected chi connectivity index (χ0v) is 16.7. The second-order valence-electron chi connectivity index (χ2n) is 7.91. The average Bonchev–Trinajstić information content (AvgIpc) is 2.96. The molecule has 1 aromatic carbocycles. The summed E-state index contributed by atoms with van der Waals surface area (Å²) < 4.78 is 0. The van der Waals surface area contributed by atoms with Crippen molar-refractivity contribution >= 4 is 23.4 Å². The summed E-state index contributed by atoms with van der Waals surface area (Å²) in [6.45, 7) is 5.70. The summed E-state index contributed by atoms with van der Waals surface area (Å²) in [6.07, 6.45) is 4.16. The van der Waals surface area contributed by atoms with Crippen LogP contribution in [0.3, 0.4) is 0 Å². The van der Waals surface area contributed by atoms with Crippen LogP contribution < -0.4 is 5.32 Å². The molecule has 4 rings (SSSR count). The first-order valence-corrected chi connectivity index (χ1v) is 10.0. The Kier molecular flexibility index (Phi) is 6.49. The van der Waals surface area contributed by atoms with Gasteiger partial charge in [0, 0.05) is 44.2 Å². The highest BCUT2D eigenvalue weighted by molar-refractivity contribution is 5.93. The lowest BCUT2D eigenvalue weighted by Gasteiger charge is -2.35. The van der Waals surface area contributed by atoms with Crippen LogP contribution in [0.2, 0.25) is 0 Å². The minimum absolute atomic E-state index is 0.0445.